The molecule has 0 aliphatic carbocycles. The van der Waals surface area contributed by atoms with E-state index in [9.17, 15) is 0 Å². The van der Waals surface area contributed by atoms with Gasteiger partial charge in [0.25, 0.3) is 0 Å². The topological polar surface area (TPSA) is 26.0 Å². The summed E-state index contributed by atoms with van der Waals surface area (Å²) >= 11 is 0. The third-order valence-electron chi connectivity index (χ3n) is 4.07. The molecule has 2 aromatic carbocycles. The van der Waals surface area contributed by atoms with E-state index in [0.29, 0.717) is 12.5 Å². The molecule has 2 aromatic rings. The Morgan fingerprint density at radius 1 is 0.950 bits per heavy atom. The molecular formula is C19H25N. The lowest BCUT2D eigenvalue weighted by atomic mass is 9.88. The van der Waals surface area contributed by atoms with Gasteiger partial charge in [-0.25, -0.2) is 0 Å². The second-order valence-electron chi connectivity index (χ2n) is 5.67. The van der Waals surface area contributed by atoms with Gasteiger partial charge in [0.2, 0.25) is 0 Å². The summed E-state index contributed by atoms with van der Waals surface area (Å²) < 4.78 is 0. The summed E-state index contributed by atoms with van der Waals surface area (Å²) in [5, 5.41) is 0. The molecule has 0 fully saturated rings. The molecule has 0 saturated carbocycles. The Balaban J connectivity index is 2.21. The first kappa shape index (κ1) is 14.8. The first-order valence-electron chi connectivity index (χ1n) is 7.49. The summed E-state index contributed by atoms with van der Waals surface area (Å²) in [5.41, 5.74) is 12.8. The van der Waals surface area contributed by atoms with E-state index in [4.69, 9.17) is 5.73 Å². The molecule has 2 rings (SSSR count). The molecule has 2 N–H and O–H groups in total. The van der Waals surface area contributed by atoms with Gasteiger partial charge in [-0.2, -0.15) is 0 Å². The smallest absolute Gasteiger partial charge is 0.000429 e. The molecule has 0 heterocycles. The van der Waals surface area contributed by atoms with Crippen molar-refractivity contribution in [2.75, 3.05) is 6.54 Å². The van der Waals surface area contributed by atoms with Gasteiger partial charge >= 0.3 is 0 Å². The Kier molecular flexibility index (Phi) is 4.97. The Morgan fingerprint density at radius 3 is 2.20 bits per heavy atom. The first-order chi connectivity index (χ1) is 9.63. The highest BCUT2D eigenvalue weighted by Gasteiger charge is 2.13. The van der Waals surface area contributed by atoms with Crippen LogP contribution in [0.15, 0.2) is 42.5 Å². The fraction of sp³-hybridized carbons (Fsp3) is 0.368. The van der Waals surface area contributed by atoms with Gasteiger partial charge < -0.3 is 5.73 Å². The van der Waals surface area contributed by atoms with Crippen molar-refractivity contribution >= 4 is 0 Å². The van der Waals surface area contributed by atoms with Gasteiger partial charge in [-0.1, -0.05) is 55.0 Å². The summed E-state index contributed by atoms with van der Waals surface area (Å²) in [4.78, 5) is 0. The predicted octanol–water partition coefficient (Wildman–Crippen LogP) is 4.15. The second kappa shape index (κ2) is 6.71. The fourth-order valence-corrected chi connectivity index (χ4v) is 2.72. The van der Waals surface area contributed by atoms with E-state index >= 15 is 0 Å². The molecule has 1 heteroatoms. The summed E-state index contributed by atoms with van der Waals surface area (Å²) in [5.74, 6) is 0.405. The van der Waals surface area contributed by atoms with Crippen LogP contribution in [-0.4, -0.2) is 6.54 Å². The van der Waals surface area contributed by atoms with Crippen LogP contribution in [0.4, 0.5) is 0 Å². The van der Waals surface area contributed by atoms with Gasteiger partial charge in [-0.3, -0.25) is 0 Å². The maximum atomic E-state index is 6.03. The molecule has 0 radical (unpaired) electrons. The normalized spacial score (nSPS) is 12.4. The molecular weight excluding hydrogens is 242 g/mol. The minimum absolute atomic E-state index is 0.405. The molecule has 20 heavy (non-hydrogen) atoms. The molecule has 0 saturated heterocycles. The quantitative estimate of drug-likeness (QED) is 0.865. The van der Waals surface area contributed by atoms with Crippen LogP contribution in [0.2, 0.25) is 0 Å². The number of hydrogen-bond donors (Lipinski definition) is 1. The molecule has 106 valence electrons. The van der Waals surface area contributed by atoms with Gasteiger partial charge in [0.05, 0.1) is 0 Å². The SMILES string of the molecule is CCc1ccc(CC(CN)c2cc(C)ccc2C)cc1. The van der Waals surface area contributed by atoms with Crippen molar-refractivity contribution in [2.45, 2.75) is 39.5 Å². The van der Waals surface area contributed by atoms with Crippen LogP contribution >= 0.6 is 0 Å². The lowest BCUT2D eigenvalue weighted by Gasteiger charge is -2.18. The van der Waals surface area contributed by atoms with Crippen LogP contribution in [0.1, 0.15) is 40.7 Å². The first-order valence-corrected chi connectivity index (χ1v) is 7.49. The van der Waals surface area contributed by atoms with Crippen molar-refractivity contribution in [3.63, 3.8) is 0 Å². The highest BCUT2D eigenvalue weighted by atomic mass is 14.5. The molecule has 0 spiro atoms. The standard InChI is InChI=1S/C19H25N/c1-4-16-7-9-17(10-8-16)12-18(13-20)19-11-14(2)5-6-15(19)3/h5-11,18H,4,12-13,20H2,1-3H3. The second-order valence-corrected chi connectivity index (χ2v) is 5.67. The maximum absolute atomic E-state index is 6.03. The van der Waals surface area contributed by atoms with E-state index < -0.39 is 0 Å². The van der Waals surface area contributed by atoms with Crippen LogP contribution in [-0.2, 0) is 12.8 Å². The number of benzene rings is 2. The average molecular weight is 267 g/mol. The molecule has 0 aliphatic heterocycles. The summed E-state index contributed by atoms with van der Waals surface area (Å²) in [7, 11) is 0. The Hall–Kier alpha value is -1.60. The van der Waals surface area contributed by atoms with E-state index in [1.54, 1.807) is 0 Å². The van der Waals surface area contributed by atoms with Gasteiger partial charge in [0.1, 0.15) is 0 Å². The maximum Gasteiger partial charge on any atom is 0.000429 e. The van der Waals surface area contributed by atoms with E-state index in [2.05, 4.69) is 63.2 Å². The summed E-state index contributed by atoms with van der Waals surface area (Å²) in [6.45, 7) is 7.21. The predicted molar refractivity (Wildman–Crippen MR) is 87.2 cm³/mol. The molecule has 1 atom stereocenters. The Morgan fingerprint density at radius 2 is 1.60 bits per heavy atom. The van der Waals surface area contributed by atoms with Crippen LogP contribution in [0.3, 0.4) is 0 Å². The van der Waals surface area contributed by atoms with Crippen LogP contribution in [0.5, 0.6) is 0 Å². The van der Waals surface area contributed by atoms with Crippen molar-refractivity contribution in [3.05, 3.63) is 70.3 Å². The average Bonchev–Trinajstić information content (AvgIpc) is 2.48. The number of rotatable bonds is 5. The summed E-state index contributed by atoms with van der Waals surface area (Å²) in [6.07, 6.45) is 2.11. The lowest BCUT2D eigenvalue weighted by molar-refractivity contribution is 0.689. The van der Waals surface area contributed by atoms with Crippen LogP contribution in [0, 0.1) is 13.8 Å². The third kappa shape index (κ3) is 3.49. The minimum atomic E-state index is 0.405. The van der Waals surface area contributed by atoms with Gasteiger partial charge in [-0.05, 0) is 55.5 Å². The molecule has 0 bridgehead atoms. The van der Waals surface area contributed by atoms with Gasteiger partial charge in [0, 0.05) is 5.92 Å². The van der Waals surface area contributed by atoms with Crippen molar-refractivity contribution in [1.82, 2.24) is 0 Å². The Bertz CT molecular complexity index is 554. The van der Waals surface area contributed by atoms with Crippen LogP contribution < -0.4 is 5.73 Å². The minimum Gasteiger partial charge on any atom is -0.330 e. The summed E-state index contributed by atoms with van der Waals surface area (Å²) in [6, 6.07) is 15.6. The van der Waals surface area contributed by atoms with Crippen molar-refractivity contribution in [3.8, 4) is 0 Å². The molecule has 0 aromatic heterocycles. The number of nitrogens with two attached hydrogens (primary N) is 1. The third-order valence-corrected chi connectivity index (χ3v) is 4.07. The molecule has 1 nitrogen and oxygen atoms in total. The van der Waals surface area contributed by atoms with E-state index in [1.807, 2.05) is 0 Å². The zero-order valence-corrected chi connectivity index (χ0v) is 12.8. The molecule has 0 amide bonds. The Labute approximate surface area is 122 Å². The van der Waals surface area contributed by atoms with Crippen molar-refractivity contribution in [1.29, 1.82) is 0 Å². The highest BCUT2D eigenvalue weighted by molar-refractivity contribution is 5.35. The molecule has 1 unspecified atom stereocenters. The largest absolute Gasteiger partial charge is 0.330 e. The number of aryl methyl sites for hydroxylation is 3. The van der Waals surface area contributed by atoms with Crippen molar-refractivity contribution in [2.24, 2.45) is 5.73 Å². The van der Waals surface area contributed by atoms with Crippen molar-refractivity contribution < 1.29 is 0 Å². The zero-order chi connectivity index (χ0) is 14.5. The van der Waals surface area contributed by atoms with E-state index in [1.165, 1.54) is 27.8 Å². The van der Waals surface area contributed by atoms with Gasteiger partial charge in [0.15, 0.2) is 0 Å². The lowest BCUT2D eigenvalue weighted by Crippen LogP contribution is -2.16. The zero-order valence-electron chi connectivity index (χ0n) is 12.8. The van der Waals surface area contributed by atoms with Crippen LogP contribution in [0.25, 0.3) is 0 Å². The monoisotopic (exact) mass is 267 g/mol. The fourth-order valence-electron chi connectivity index (χ4n) is 2.72. The van der Waals surface area contributed by atoms with E-state index in [0.717, 1.165) is 12.8 Å². The highest BCUT2D eigenvalue weighted by Crippen LogP contribution is 2.24. The number of hydrogen-bond acceptors (Lipinski definition) is 1. The van der Waals surface area contributed by atoms with E-state index in [-0.39, 0.29) is 0 Å². The molecule has 0 aliphatic rings. The van der Waals surface area contributed by atoms with Gasteiger partial charge in [-0.15, -0.1) is 0 Å².